The Balaban J connectivity index is 2.65. The zero-order valence-corrected chi connectivity index (χ0v) is 7.04. The van der Waals surface area contributed by atoms with Crippen LogP contribution in [0.3, 0.4) is 0 Å². The fourth-order valence-corrected chi connectivity index (χ4v) is 1.27. The number of aliphatic hydroxyl groups excluding tert-OH is 3. The van der Waals surface area contributed by atoms with Gasteiger partial charge in [0.15, 0.2) is 6.29 Å². The Morgan fingerprint density at radius 3 is 2.25 bits per heavy atom. The molecule has 72 valence electrons. The molecule has 3 N–H and O–H groups in total. The van der Waals surface area contributed by atoms with E-state index in [9.17, 15) is 15.3 Å². The Labute approximate surface area is 70.5 Å². The van der Waals surface area contributed by atoms with Crippen molar-refractivity contribution < 1.29 is 24.8 Å². The van der Waals surface area contributed by atoms with Crippen molar-refractivity contribution in [1.82, 2.24) is 0 Å². The second-order valence-electron chi connectivity index (χ2n) is 2.91. The fourth-order valence-electron chi connectivity index (χ4n) is 1.27. The molecule has 0 bridgehead atoms. The molecule has 0 aromatic carbocycles. The molecule has 0 aromatic rings. The minimum Gasteiger partial charge on any atom is -0.388 e. The largest absolute Gasteiger partial charge is 0.388 e. The van der Waals surface area contributed by atoms with Gasteiger partial charge >= 0.3 is 0 Å². The zero-order chi connectivity index (χ0) is 9.30. The number of rotatable bonds is 1. The summed E-state index contributed by atoms with van der Waals surface area (Å²) in [6.45, 7) is 1.57. The maximum atomic E-state index is 9.36. The van der Waals surface area contributed by atoms with Crippen LogP contribution in [0, 0.1) is 0 Å². The normalized spacial score (nSPS) is 49.2. The van der Waals surface area contributed by atoms with Gasteiger partial charge in [-0.3, -0.25) is 0 Å². The summed E-state index contributed by atoms with van der Waals surface area (Å²) in [7, 11) is 1.34. The topological polar surface area (TPSA) is 79.2 Å². The van der Waals surface area contributed by atoms with Crippen molar-refractivity contribution in [1.29, 1.82) is 0 Å². The smallest absolute Gasteiger partial charge is 0.184 e. The van der Waals surface area contributed by atoms with E-state index >= 15 is 0 Å². The minimum absolute atomic E-state index is 0.582. The number of hydrogen-bond acceptors (Lipinski definition) is 5. The molecule has 0 unspecified atom stereocenters. The second-order valence-corrected chi connectivity index (χ2v) is 2.91. The predicted molar refractivity (Wildman–Crippen MR) is 39.4 cm³/mol. The van der Waals surface area contributed by atoms with Gasteiger partial charge in [-0.05, 0) is 6.92 Å². The number of aliphatic hydroxyl groups is 3. The van der Waals surface area contributed by atoms with Crippen molar-refractivity contribution in [2.75, 3.05) is 7.11 Å². The summed E-state index contributed by atoms with van der Waals surface area (Å²) in [4.78, 5) is 0. The third kappa shape index (κ3) is 1.60. The molecule has 0 radical (unpaired) electrons. The van der Waals surface area contributed by atoms with Gasteiger partial charge in [-0.1, -0.05) is 0 Å². The Kier molecular flexibility index (Phi) is 3.03. The van der Waals surface area contributed by atoms with Crippen molar-refractivity contribution >= 4 is 0 Å². The molecular weight excluding hydrogens is 164 g/mol. The van der Waals surface area contributed by atoms with Crippen molar-refractivity contribution in [3.8, 4) is 0 Å². The highest BCUT2D eigenvalue weighted by Crippen LogP contribution is 2.20. The fraction of sp³-hybridized carbons (Fsp3) is 1.00. The average Bonchev–Trinajstić information content (AvgIpc) is 2.01. The first-order valence-corrected chi connectivity index (χ1v) is 3.80. The first-order chi connectivity index (χ1) is 5.57. The maximum absolute atomic E-state index is 9.36. The van der Waals surface area contributed by atoms with Crippen LogP contribution in [0.5, 0.6) is 0 Å². The Bertz CT molecular complexity index is 151. The third-order valence-electron chi connectivity index (χ3n) is 2.07. The summed E-state index contributed by atoms with van der Waals surface area (Å²) in [5.41, 5.74) is 0. The number of methoxy groups -OCH3 is 1. The van der Waals surface area contributed by atoms with Gasteiger partial charge in [0.25, 0.3) is 0 Å². The van der Waals surface area contributed by atoms with E-state index in [2.05, 4.69) is 0 Å². The Hall–Kier alpha value is -0.200. The van der Waals surface area contributed by atoms with Gasteiger partial charge in [-0.25, -0.2) is 0 Å². The molecule has 1 saturated heterocycles. The molecule has 0 spiro atoms. The SMILES string of the molecule is CO[C@@H]1[C@@H](O)[C@H](O)[C@@H](C)O[C@H]1O. The van der Waals surface area contributed by atoms with Gasteiger partial charge in [0.1, 0.15) is 18.3 Å². The first-order valence-electron chi connectivity index (χ1n) is 3.80. The van der Waals surface area contributed by atoms with Crippen LogP contribution in [0.25, 0.3) is 0 Å². The van der Waals surface area contributed by atoms with Gasteiger partial charge in [0.05, 0.1) is 6.10 Å². The van der Waals surface area contributed by atoms with E-state index in [-0.39, 0.29) is 0 Å². The van der Waals surface area contributed by atoms with Crippen molar-refractivity contribution in [2.45, 2.75) is 37.6 Å². The average molecular weight is 178 g/mol. The summed E-state index contributed by atoms with van der Waals surface area (Å²) in [5.74, 6) is 0. The number of hydrogen-bond donors (Lipinski definition) is 3. The van der Waals surface area contributed by atoms with E-state index in [1.807, 2.05) is 0 Å². The van der Waals surface area contributed by atoms with E-state index in [0.717, 1.165) is 0 Å². The van der Waals surface area contributed by atoms with Crippen molar-refractivity contribution in [2.24, 2.45) is 0 Å². The van der Waals surface area contributed by atoms with Gasteiger partial charge < -0.3 is 24.8 Å². The lowest BCUT2D eigenvalue weighted by molar-refractivity contribution is -0.283. The van der Waals surface area contributed by atoms with Crippen molar-refractivity contribution in [3.05, 3.63) is 0 Å². The summed E-state index contributed by atoms with van der Waals surface area (Å²) in [5, 5.41) is 27.9. The molecule has 1 fully saturated rings. The highest BCUT2D eigenvalue weighted by atomic mass is 16.7. The van der Waals surface area contributed by atoms with Gasteiger partial charge in [-0.2, -0.15) is 0 Å². The molecule has 1 aliphatic heterocycles. The first kappa shape index (κ1) is 9.88. The molecule has 0 aliphatic carbocycles. The van der Waals surface area contributed by atoms with E-state index < -0.39 is 30.7 Å². The van der Waals surface area contributed by atoms with Gasteiger partial charge in [-0.15, -0.1) is 0 Å². The van der Waals surface area contributed by atoms with E-state index in [1.54, 1.807) is 6.92 Å². The second kappa shape index (κ2) is 3.68. The van der Waals surface area contributed by atoms with E-state index in [1.165, 1.54) is 7.11 Å². The molecule has 5 nitrogen and oxygen atoms in total. The molecule has 0 saturated carbocycles. The highest BCUT2D eigenvalue weighted by molar-refractivity contribution is 4.87. The van der Waals surface area contributed by atoms with Gasteiger partial charge in [0.2, 0.25) is 0 Å². The predicted octanol–water partition coefficient (Wildman–Crippen LogP) is -1.54. The Morgan fingerprint density at radius 2 is 1.75 bits per heavy atom. The summed E-state index contributed by atoms with van der Waals surface area (Å²) in [6, 6.07) is 0. The van der Waals surface area contributed by atoms with Crippen LogP contribution in [0.1, 0.15) is 6.92 Å². The maximum Gasteiger partial charge on any atom is 0.184 e. The summed E-state index contributed by atoms with van der Waals surface area (Å²) < 4.78 is 9.64. The van der Waals surface area contributed by atoms with Crippen LogP contribution in [0.15, 0.2) is 0 Å². The van der Waals surface area contributed by atoms with E-state index in [0.29, 0.717) is 0 Å². The van der Waals surface area contributed by atoms with Crippen LogP contribution in [0.4, 0.5) is 0 Å². The summed E-state index contributed by atoms with van der Waals surface area (Å²) in [6.07, 6.45) is -4.76. The van der Waals surface area contributed by atoms with Crippen molar-refractivity contribution in [3.63, 3.8) is 0 Å². The third-order valence-corrected chi connectivity index (χ3v) is 2.07. The molecule has 0 amide bonds. The van der Waals surface area contributed by atoms with E-state index in [4.69, 9.17) is 9.47 Å². The lowest BCUT2D eigenvalue weighted by Gasteiger charge is -2.38. The lowest BCUT2D eigenvalue weighted by atomic mass is 10.00. The van der Waals surface area contributed by atoms with Crippen LogP contribution in [-0.4, -0.2) is 53.1 Å². The van der Waals surface area contributed by atoms with Crippen LogP contribution < -0.4 is 0 Å². The molecule has 12 heavy (non-hydrogen) atoms. The molecule has 1 heterocycles. The van der Waals surface area contributed by atoms with Crippen LogP contribution >= 0.6 is 0 Å². The Morgan fingerprint density at radius 1 is 1.17 bits per heavy atom. The molecule has 5 heteroatoms. The monoisotopic (exact) mass is 178 g/mol. The van der Waals surface area contributed by atoms with Gasteiger partial charge in [0, 0.05) is 7.11 Å². The highest BCUT2D eigenvalue weighted by Gasteiger charge is 2.41. The molecule has 5 atom stereocenters. The molecular formula is C7H14O5. The number of ether oxygens (including phenoxy) is 2. The minimum atomic E-state index is -1.18. The quantitative estimate of drug-likeness (QED) is 0.453. The van der Waals surface area contributed by atoms with Crippen LogP contribution in [-0.2, 0) is 9.47 Å². The summed E-state index contributed by atoms with van der Waals surface area (Å²) >= 11 is 0. The van der Waals surface area contributed by atoms with Crippen LogP contribution in [0.2, 0.25) is 0 Å². The lowest BCUT2D eigenvalue weighted by Crippen LogP contribution is -2.57. The standard InChI is InChI=1S/C7H14O5/c1-3-4(8)5(9)6(11-2)7(10)12-3/h3-10H,1-2H3/t3-,4-,5+,6-,7-/m1/s1. The molecule has 1 aliphatic rings. The zero-order valence-electron chi connectivity index (χ0n) is 7.04. The molecule has 0 aromatic heterocycles. The molecule has 1 rings (SSSR count).